The Morgan fingerprint density at radius 1 is 1.15 bits per heavy atom. The minimum absolute atomic E-state index is 0.0331. The summed E-state index contributed by atoms with van der Waals surface area (Å²) in [6, 6.07) is 4.43. The highest BCUT2D eigenvalue weighted by molar-refractivity contribution is 8.18. The number of benzene rings is 1. The van der Waals surface area contributed by atoms with Gasteiger partial charge < -0.3 is 4.74 Å². The molecule has 26 heavy (non-hydrogen) atoms. The van der Waals surface area contributed by atoms with Crippen LogP contribution in [0.5, 0.6) is 5.75 Å². The second kappa shape index (κ2) is 8.30. The van der Waals surface area contributed by atoms with Crippen LogP contribution in [-0.4, -0.2) is 35.2 Å². The minimum atomic E-state index is 0.0331. The van der Waals surface area contributed by atoms with Crippen LogP contribution in [-0.2, 0) is 4.79 Å². The fraction of sp³-hybridized carbons (Fsp3) is 0.524. The second-order valence-electron chi connectivity index (χ2n) is 7.49. The zero-order valence-electron chi connectivity index (χ0n) is 17.1. The molecule has 1 heterocycles. The Balaban J connectivity index is 2.50. The largest absolute Gasteiger partial charge is 0.496 e. The predicted octanol–water partition coefficient (Wildman–Crippen LogP) is 5.22. The lowest BCUT2D eigenvalue weighted by Gasteiger charge is -2.20. The van der Waals surface area contributed by atoms with Crippen LogP contribution in [0.25, 0.3) is 6.08 Å². The predicted molar refractivity (Wildman–Crippen MR) is 112 cm³/mol. The number of aryl methyl sites for hydroxylation is 1. The third-order valence-corrected chi connectivity index (χ3v) is 5.25. The van der Waals surface area contributed by atoms with Gasteiger partial charge in [0.25, 0.3) is 5.91 Å². The van der Waals surface area contributed by atoms with Crippen LogP contribution >= 0.6 is 11.8 Å². The van der Waals surface area contributed by atoms with E-state index in [1.165, 1.54) is 11.8 Å². The van der Waals surface area contributed by atoms with Crippen molar-refractivity contribution in [1.29, 1.82) is 0 Å². The number of nitrogens with zero attached hydrogens (tertiary/aromatic N) is 2. The van der Waals surface area contributed by atoms with Crippen LogP contribution < -0.4 is 4.74 Å². The van der Waals surface area contributed by atoms with E-state index < -0.39 is 0 Å². The molecule has 1 aliphatic rings. The summed E-state index contributed by atoms with van der Waals surface area (Å²) in [6.45, 7) is 14.4. The van der Waals surface area contributed by atoms with Crippen LogP contribution in [0.1, 0.15) is 64.2 Å². The first kappa shape index (κ1) is 20.6. The molecular formula is C21H30N2O2S. The molecule has 1 aromatic rings. The normalized spacial score (nSPS) is 18.3. The molecule has 1 fully saturated rings. The van der Waals surface area contributed by atoms with E-state index in [0.717, 1.165) is 32.5 Å². The second-order valence-corrected chi connectivity index (χ2v) is 8.50. The molecule has 0 saturated carbocycles. The average molecular weight is 375 g/mol. The number of ether oxygens (including phenoxy) is 1. The van der Waals surface area contributed by atoms with E-state index in [1.807, 2.05) is 40.7 Å². The third kappa shape index (κ3) is 4.32. The first-order valence-electron chi connectivity index (χ1n) is 9.15. The molecule has 0 radical (unpaired) electrons. The van der Waals surface area contributed by atoms with Crippen molar-refractivity contribution in [1.82, 2.24) is 4.90 Å². The van der Waals surface area contributed by atoms with Gasteiger partial charge in [0.15, 0.2) is 5.17 Å². The maximum absolute atomic E-state index is 12.9. The first-order chi connectivity index (χ1) is 12.1. The SMILES string of the molecule is COc1cc(C)c(/C=C2/SC(=NC(C)C)N(C(C)C)C2=O)cc1C(C)C. The number of amidine groups is 1. The van der Waals surface area contributed by atoms with Crippen LogP contribution in [0.4, 0.5) is 0 Å². The molecule has 1 amide bonds. The van der Waals surface area contributed by atoms with Gasteiger partial charge in [-0.3, -0.25) is 14.7 Å². The lowest BCUT2D eigenvalue weighted by molar-refractivity contribution is -0.123. The first-order valence-corrected chi connectivity index (χ1v) is 9.96. The maximum Gasteiger partial charge on any atom is 0.266 e. The summed E-state index contributed by atoms with van der Waals surface area (Å²) in [4.78, 5) is 20.1. The van der Waals surface area contributed by atoms with Gasteiger partial charge in [-0.05, 0) is 87.2 Å². The van der Waals surface area contributed by atoms with Crippen molar-refractivity contribution in [3.8, 4) is 5.75 Å². The fourth-order valence-corrected chi connectivity index (χ4v) is 4.12. The number of methoxy groups -OCH3 is 1. The number of hydrogen-bond donors (Lipinski definition) is 0. The van der Waals surface area contributed by atoms with Crippen molar-refractivity contribution in [2.75, 3.05) is 7.11 Å². The number of thioether (sulfide) groups is 1. The van der Waals surface area contributed by atoms with Gasteiger partial charge >= 0.3 is 0 Å². The summed E-state index contributed by atoms with van der Waals surface area (Å²) in [5, 5.41) is 0.793. The van der Waals surface area contributed by atoms with Crippen LogP contribution in [0.2, 0.25) is 0 Å². The third-order valence-electron chi connectivity index (χ3n) is 4.25. The van der Waals surface area contributed by atoms with E-state index in [-0.39, 0.29) is 18.0 Å². The average Bonchev–Trinajstić information content (AvgIpc) is 2.83. The molecule has 4 nitrogen and oxygen atoms in total. The monoisotopic (exact) mass is 374 g/mol. The van der Waals surface area contributed by atoms with Gasteiger partial charge in [-0.2, -0.15) is 0 Å². The van der Waals surface area contributed by atoms with Gasteiger partial charge in [-0.25, -0.2) is 0 Å². The number of hydrogen-bond acceptors (Lipinski definition) is 4. The molecule has 142 valence electrons. The standard InChI is InChI=1S/C21H30N2O2S/c1-12(2)17-10-16(15(7)9-18(17)25-8)11-19-20(24)23(14(5)6)21(26-19)22-13(3)4/h9-14H,1-8H3/b19-11+,22-21?. The van der Waals surface area contributed by atoms with E-state index in [4.69, 9.17) is 4.74 Å². The number of carbonyl (C=O) groups excluding carboxylic acids is 1. The Morgan fingerprint density at radius 2 is 1.81 bits per heavy atom. The highest BCUT2D eigenvalue weighted by atomic mass is 32.2. The van der Waals surface area contributed by atoms with Gasteiger partial charge in [0, 0.05) is 12.1 Å². The van der Waals surface area contributed by atoms with E-state index in [0.29, 0.717) is 5.92 Å². The molecule has 0 spiro atoms. The smallest absolute Gasteiger partial charge is 0.266 e. The Morgan fingerprint density at radius 3 is 2.31 bits per heavy atom. The zero-order chi connectivity index (χ0) is 19.6. The summed E-state index contributed by atoms with van der Waals surface area (Å²) >= 11 is 1.47. The molecule has 0 aromatic heterocycles. The Bertz CT molecular complexity index is 749. The van der Waals surface area contributed by atoms with Crippen molar-refractivity contribution >= 4 is 28.9 Å². The highest BCUT2D eigenvalue weighted by Gasteiger charge is 2.35. The van der Waals surface area contributed by atoms with Crippen molar-refractivity contribution < 1.29 is 9.53 Å². The van der Waals surface area contributed by atoms with Crippen molar-refractivity contribution in [2.24, 2.45) is 4.99 Å². The number of amides is 1. The van der Waals surface area contributed by atoms with Crippen molar-refractivity contribution in [3.63, 3.8) is 0 Å². The Kier molecular flexibility index (Phi) is 6.56. The van der Waals surface area contributed by atoms with Crippen LogP contribution in [0, 0.1) is 6.92 Å². The lowest BCUT2D eigenvalue weighted by atomic mass is 9.96. The van der Waals surface area contributed by atoms with Gasteiger partial charge in [-0.1, -0.05) is 13.8 Å². The molecule has 1 aromatic carbocycles. The molecule has 0 bridgehead atoms. The van der Waals surface area contributed by atoms with E-state index in [9.17, 15) is 4.79 Å². The molecule has 0 N–H and O–H groups in total. The van der Waals surface area contributed by atoms with Crippen molar-refractivity contribution in [2.45, 2.75) is 66.5 Å². The van der Waals surface area contributed by atoms with Gasteiger partial charge in [-0.15, -0.1) is 0 Å². The Hall–Kier alpha value is -1.75. The van der Waals surface area contributed by atoms with E-state index in [2.05, 4.69) is 31.0 Å². The zero-order valence-corrected chi connectivity index (χ0v) is 17.9. The van der Waals surface area contributed by atoms with Gasteiger partial charge in [0.05, 0.1) is 12.0 Å². The Labute approximate surface area is 161 Å². The molecular weight excluding hydrogens is 344 g/mol. The van der Waals surface area contributed by atoms with Crippen molar-refractivity contribution in [3.05, 3.63) is 33.7 Å². The summed E-state index contributed by atoms with van der Waals surface area (Å²) in [5.74, 6) is 1.28. The van der Waals surface area contributed by atoms with Crippen LogP contribution in [0.3, 0.4) is 0 Å². The maximum atomic E-state index is 12.9. The molecule has 5 heteroatoms. The summed E-state index contributed by atoms with van der Waals surface area (Å²) in [5.41, 5.74) is 3.30. The van der Waals surface area contributed by atoms with E-state index in [1.54, 1.807) is 12.0 Å². The minimum Gasteiger partial charge on any atom is -0.496 e. The number of carbonyl (C=O) groups is 1. The summed E-state index contributed by atoms with van der Waals surface area (Å²) in [7, 11) is 1.70. The lowest BCUT2D eigenvalue weighted by Crippen LogP contribution is -2.35. The van der Waals surface area contributed by atoms with E-state index >= 15 is 0 Å². The van der Waals surface area contributed by atoms with Gasteiger partial charge in [0.2, 0.25) is 0 Å². The summed E-state index contributed by atoms with van der Waals surface area (Å²) < 4.78 is 5.52. The number of aliphatic imine (C=N–C) groups is 1. The van der Waals surface area contributed by atoms with Gasteiger partial charge in [0.1, 0.15) is 5.75 Å². The van der Waals surface area contributed by atoms with Crippen LogP contribution in [0.15, 0.2) is 22.0 Å². The number of rotatable bonds is 5. The molecule has 0 aliphatic carbocycles. The molecule has 1 aliphatic heterocycles. The quantitative estimate of drug-likeness (QED) is 0.664. The fourth-order valence-electron chi connectivity index (χ4n) is 2.89. The molecule has 0 unspecified atom stereocenters. The molecule has 0 atom stereocenters. The topological polar surface area (TPSA) is 41.9 Å². The highest BCUT2D eigenvalue weighted by Crippen LogP contribution is 2.36. The molecule has 2 rings (SSSR count). The molecule has 1 saturated heterocycles. The summed E-state index contributed by atoms with van der Waals surface area (Å²) in [6.07, 6.45) is 1.99.